The van der Waals surface area contributed by atoms with Crippen LogP contribution in [0.4, 0.5) is 0 Å². The summed E-state index contributed by atoms with van der Waals surface area (Å²) in [5.74, 6) is 0. The highest BCUT2D eigenvalue weighted by atomic mass is 16.1. The molecule has 0 spiro atoms. The van der Waals surface area contributed by atoms with Crippen molar-refractivity contribution in [1.29, 1.82) is 0 Å². The summed E-state index contributed by atoms with van der Waals surface area (Å²) in [7, 11) is 0. The minimum Gasteiger partial charge on any atom is -0.303 e. The fraction of sp³-hybridized carbons (Fsp3) is 0.933. The third-order valence-electron chi connectivity index (χ3n) is 5.74. The minimum absolute atomic E-state index is 0.0499. The maximum atomic E-state index is 11.6. The third-order valence-corrected chi connectivity index (χ3v) is 5.74. The first-order chi connectivity index (χ1) is 7.36. The van der Waals surface area contributed by atoms with Crippen LogP contribution in [0.15, 0.2) is 0 Å². The fourth-order valence-corrected chi connectivity index (χ4v) is 6.54. The smallest absolute Gasteiger partial charge is 0.126 e. The van der Waals surface area contributed by atoms with Crippen molar-refractivity contribution in [3.63, 3.8) is 0 Å². The number of rotatable bonds is 2. The molecule has 0 aromatic carbocycles. The maximum Gasteiger partial charge on any atom is 0.126 e. The van der Waals surface area contributed by atoms with E-state index >= 15 is 0 Å². The van der Waals surface area contributed by atoms with Crippen molar-refractivity contribution in [3.8, 4) is 0 Å². The Morgan fingerprint density at radius 3 is 1.94 bits per heavy atom. The highest BCUT2D eigenvalue weighted by Gasteiger charge is 2.64. The van der Waals surface area contributed by atoms with Gasteiger partial charge in [-0.2, -0.15) is 0 Å². The van der Waals surface area contributed by atoms with Crippen molar-refractivity contribution in [2.75, 3.05) is 0 Å². The van der Waals surface area contributed by atoms with E-state index in [1.165, 1.54) is 51.2 Å². The monoisotopic (exact) mass is 220 g/mol. The van der Waals surface area contributed by atoms with E-state index in [1.807, 2.05) is 0 Å². The molecule has 0 aliphatic heterocycles. The maximum absolute atomic E-state index is 11.6. The van der Waals surface area contributed by atoms with Gasteiger partial charge in [0.25, 0.3) is 0 Å². The lowest BCUT2D eigenvalue weighted by atomic mass is 9.36. The van der Waals surface area contributed by atoms with Gasteiger partial charge in [-0.3, -0.25) is 0 Å². The number of hydrogen-bond donors (Lipinski definition) is 0. The molecule has 0 N–H and O–H groups in total. The van der Waals surface area contributed by atoms with Gasteiger partial charge in [0.15, 0.2) is 0 Å². The Morgan fingerprint density at radius 1 is 0.938 bits per heavy atom. The van der Waals surface area contributed by atoms with Crippen LogP contribution in [0.5, 0.6) is 0 Å². The van der Waals surface area contributed by atoms with E-state index in [1.54, 1.807) is 0 Å². The molecular weight excluding hydrogens is 196 g/mol. The summed E-state index contributed by atoms with van der Waals surface area (Å²) in [6, 6.07) is 0. The minimum atomic E-state index is 0.0499. The Kier molecular flexibility index (Phi) is 1.85. The summed E-state index contributed by atoms with van der Waals surface area (Å²) in [6.45, 7) is 7.20. The van der Waals surface area contributed by atoms with Gasteiger partial charge in [-0.25, -0.2) is 0 Å². The Labute approximate surface area is 99.0 Å². The van der Waals surface area contributed by atoms with Crippen LogP contribution in [0.2, 0.25) is 0 Å². The molecule has 16 heavy (non-hydrogen) atoms. The summed E-state index contributed by atoms with van der Waals surface area (Å²) in [5, 5.41) is 0. The first-order valence-electron chi connectivity index (χ1n) is 6.83. The van der Waals surface area contributed by atoms with Gasteiger partial charge >= 0.3 is 0 Å². The summed E-state index contributed by atoms with van der Waals surface area (Å²) >= 11 is 0. The molecule has 0 amide bonds. The summed E-state index contributed by atoms with van der Waals surface area (Å²) < 4.78 is 0. The van der Waals surface area contributed by atoms with Crippen LogP contribution in [0.3, 0.4) is 0 Å². The van der Waals surface area contributed by atoms with E-state index < -0.39 is 0 Å². The lowest BCUT2D eigenvalue weighted by molar-refractivity contribution is -0.187. The average molecular weight is 220 g/mol. The fourth-order valence-electron chi connectivity index (χ4n) is 6.54. The Balaban J connectivity index is 2.09. The quantitative estimate of drug-likeness (QED) is 0.644. The number of carbonyl (C=O) groups is 1. The van der Waals surface area contributed by atoms with Crippen LogP contribution < -0.4 is 0 Å². The van der Waals surface area contributed by atoms with Crippen LogP contribution in [0, 0.1) is 21.7 Å². The van der Waals surface area contributed by atoms with Crippen molar-refractivity contribution in [3.05, 3.63) is 0 Å². The van der Waals surface area contributed by atoms with Crippen molar-refractivity contribution in [2.45, 2.75) is 65.7 Å². The van der Waals surface area contributed by atoms with Crippen molar-refractivity contribution < 1.29 is 4.79 Å². The van der Waals surface area contributed by atoms with Crippen LogP contribution in [0.25, 0.3) is 0 Å². The predicted octanol–water partition coefficient (Wildman–Crippen LogP) is 3.96. The molecule has 0 radical (unpaired) electrons. The molecular formula is C15H24O. The Hall–Kier alpha value is -0.330. The molecule has 0 saturated heterocycles. The van der Waals surface area contributed by atoms with Gasteiger partial charge in [-0.1, -0.05) is 27.2 Å². The molecule has 90 valence electrons. The van der Waals surface area contributed by atoms with Gasteiger partial charge in [-0.05, 0) is 54.8 Å². The summed E-state index contributed by atoms with van der Waals surface area (Å²) in [6.07, 6.45) is 10.2. The third kappa shape index (κ3) is 1.26. The average Bonchev–Trinajstić information content (AvgIpc) is 2.12. The molecule has 0 aromatic rings. The van der Waals surface area contributed by atoms with E-state index in [0.717, 1.165) is 0 Å². The topological polar surface area (TPSA) is 17.1 Å². The largest absolute Gasteiger partial charge is 0.303 e. The summed E-state index contributed by atoms with van der Waals surface area (Å²) in [5.41, 5.74) is 1.47. The Morgan fingerprint density at radius 2 is 1.50 bits per heavy atom. The van der Waals surface area contributed by atoms with E-state index in [9.17, 15) is 4.79 Å². The highest BCUT2D eigenvalue weighted by Crippen LogP contribution is 2.73. The second-order valence-corrected chi connectivity index (χ2v) is 8.02. The molecule has 4 aliphatic rings. The lowest BCUT2D eigenvalue weighted by Gasteiger charge is -2.68. The zero-order valence-electron chi connectivity index (χ0n) is 10.9. The molecule has 1 nitrogen and oxygen atoms in total. The standard InChI is InChI=1S/C15H24O/c1-4-14-6-12(2)5-13(3,7-14)9-15(8-12,10-14)11-16/h11H,4-10H2,1-3H3. The van der Waals surface area contributed by atoms with Gasteiger partial charge in [0.2, 0.25) is 0 Å². The molecule has 1 heteroatoms. The molecule has 4 aliphatic carbocycles. The second-order valence-electron chi connectivity index (χ2n) is 8.02. The number of carbonyl (C=O) groups excluding carboxylic acids is 1. The van der Waals surface area contributed by atoms with Crippen LogP contribution >= 0.6 is 0 Å². The van der Waals surface area contributed by atoms with Gasteiger partial charge in [0.1, 0.15) is 6.29 Å². The Bertz CT molecular complexity index is 325. The number of hydrogen-bond acceptors (Lipinski definition) is 1. The van der Waals surface area contributed by atoms with E-state index in [4.69, 9.17) is 0 Å². The van der Waals surface area contributed by atoms with Crippen molar-refractivity contribution >= 4 is 6.29 Å². The van der Waals surface area contributed by atoms with Crippen molar-refractivity contribution in [2.24, 2.45) is 21.7 Å². The van der Waals surface area contributed by atoms with Gasteiger partial charge in [-0.15, -0.1) is 0 Å². The normalized spacial score (nSPS) is 58.9. The zero-order chi connectivity index (χ0) is 11.7. The van der Waals surface area contributed by atoms with E-state index in [0.29, 0.717) is 16.2 Å². The highest BCUT2D eigenvalue weighted by molar-refractivity contribution is 5.61. The molecule has 2 atom stereocenters. The van der Waals surface area contributed by atoms with Crippen LogP contribution in [0.1, 0.15) is 65.7 Å². The first-order valence-corrected chi connectivity index (χ1v) is 6.83. The zero-order valence-corrected chi connectivity index (χ0v) is 10.9. The molecule has 4 fully saturated rings. The predicted molar refractivity (Wildman–Crippen MR) is 65.1 cm³/mol. The number of aldehydes is 1. The van der Waals surface area contributed by atoms with Crippen LogP contribution in [-0.2, 0) is 4.79 Å². The lowest BCUT2D eigenvalue weighted by Crippen LogP contribution is -2.59. The van der Waals surface area contributed by atoms with E-state index in [-0.39, 0.29) is 5.41 Å². The molecule has 2 unspecified atom stereocenters. The van der Waals surface area contributed by atoms with Gasteiger partial charge < -0.3 is 4.79 Å². The molecule has 4 saturated carbocycles. The molecule has 0 aromatic heterocycles. The molecule has 4 bridgehead atoms. The summed E-state index contributed by atoms with van der Waals surface area (Å²) in [4.78, 5) is 11.6. The first kappa shape index (κ1) is 10.8. The second kappa shape index (κ2) is 2.73. The van der Waals surface area contributed by atoms with Gasteiger partial charge in [0.05, 0.1) is 0 Å². The molecule has 4 rings (SSSR count). The van der Waals surface area contributed by atoms with Crippen molar-refractivity contribution in [1.82, 2.24) is 0 Å². The van der Waals surface area contributed by atoms with Gasteiger partial charge in [0, 0.05) is 5.41 Å². The van der Waals surface area contributed by atoms with Crippen LogP contribution in [-0.4, -0.2) is 6.29 Å². The van der Waals surface area contributed by atoms with E-state index in [2.05, 4.69) is 20.8 Å². The molecule has 0 heterocycles. The SMILES string of the molecule is CCC12CC3(C)CC(C)(CC(C=O)(C3)C1)C2.